The molecule has 0 aromatic heterocycles. The SMILES string of the molecule is CC[C@H](N)C(=O)N(CC)[C@@H](C)c1cccc(OC)c1. The summed E-state index contributed by atoms with van der Waals surface area (Å²) in [4.78, 5) is 14.1. The highest BCUT2D eigenvalue weighted by Crippen LogP contribution is 2.24. The normalized spacial score (nSPS) is 13.7. The highest BCUT2D eigenvalue weighted by Gasteiger charge is 2.24. The quantitative estimate of drug-likeness (QED) is 0.858. The molecule has 1 aromatic rings. The van der Waals surface area contributed by atoms with Gasteiger partial charge in [0.25, 0.3) is 0 Å². The van der Waals surface area contributed by atoms with Crippen molar-refractivity contribution >= 4 is 5.91 Å². The lowest BCUT2D eigenvalue weighted by atomic mass is 10.0. The molecule has 1 rings (SSSR count). The minimum Gasteiger partial charge on any atom is -0.497 e. The van der Waals surface area contributed by atoms with Crippen molar-refractivity contribution in [3.05, 3.63) is 29.8 Å². The smallest absolute Gasteiger partial charge is 0.239 e. The van der Waals surface area contributed by atoms with Gasteiger partial charge < -0.3 is 15.4 Å². The van der Waals surface area contributed by atoms with E-state index >= 15 is 0 Å². The van der Waals surface area contributed by atoms with E-state index in [1.54, 1.807) is 7.11 Å². The monoisotopic (exact) mass is 264 g/mol. The Balaban J connectivity index is 2.94. The van der Waals surface area contributed by atoms with Crippen LogP contribution in [0.15, 0.2) is 24.3 Å². The molecule has 0 bridgehead atoms. The molecule has 0 saturated heterocycles. The predicted molar refractivity (Wildman–Crippen MR) is 77.1 cm³/mol. The van der Waals surface area contributed by atoms with Crippen molar-refractivity contribution < 1.29 is 9.53 Å². The summed E-state index contributed by atoms with van der Waals surface area (Å²) in [6.07, 6.45) is 0.653. The van der Waals surface area contributed by atoms with Gasteiger partial charge in [-0.15, -0.1) is 0 Å². The molecule has 2 N–H and O–H groups in total. The standard InChI is InChI=1S/C15H24N2O2/c1-5-14(16)15(18)17(6-2)11(3)12-8-7-9-13(10-12)19-4/h7-11,14H,5-6,16H2,1-4H3/t11-,14-/m0/s1. The van der Waals surface area contributed by atoms with Crippen LogP contribution in [0, 0.1) is 0 Å². The Hall–Kier alpha value is -1.55. The molecule has 1 amide bonds. The number of methoxy groups -OCH3 is 1. The van der Waals surface area contributed by atoms with Crippen LogP contribution < -0.4 is 10.5 Å². The molecular formula is C15H24N2O2. The number of hydrogen-bond donors (Lipinski definition) is 1. The van der Waals surface area contributed by atoms with E-state index in [2.05, 4.69) is 0 Å². The van der Waals surface area contributed by atoms with E-state index in [4.69, 9.17) is 10.5 Å². The van der Waals surface area contributed by atoms with Gasteiger partial charge in [-0.1, -0.05) is 19.1 Å². The van der Waals surface area contributed by atoms with Crippen molar-refractivity contribution in [1.29, 1.82) is 0 Å². The van der Waals surface area contributed by atoms with Crippen LogP contribution in [0.4, 0.5) is 0 Å². The number of carbonyl (C=O) groups excluding carboxylic acids is 1. The van der Waals surface area contributed by atoms with E-state index in [1.165, 1.54) is 0 Å². The summed E-state index contributed by atoms with van der Waals surface area (Å²) < 4.78 is 5.22. The van der Waals surface area contributed by atoms with Gasteiger partial charge in [0.05, 0.1) is 19.2 Å². The lowest BCUT2D eigenvalue weighted by Crippen LogP contribution is -2.44. The molecule has 2 atom stereocenters. The van der Waals surface area contributed by atoms with Gasteiger partial charge in [-0.05, 0) is 38.0 Å². The fourth-order valence-electron chi connectivity index (χ4n) is 2.09. The second-order valence-electron chi connectivity index (χ2n) is 4.59. The number of rotatable bonds is 6. The van der Waals surface area contributed by atoms with Crippen LogP contribution in [0.25, 0.3) is 0 Å². The highest BCUT2D eigenvalue weighted by molar-refractivity contribution is 5.82. The number of amides is 1. The lowest BCUT2D eigenvalue weighted by Gasteiger charge is -2.30. The third-order valence-electron chi connectivity index (χ3n) is 3.42. The molecule has 0 aliphatic carbocycles. The third-order valence-corrected chi connectivity index (χ3v) is 3.42. The zero-order valence-electron chi connectivity index (χ0n) is 12.2. The first kappa shape index (κ1) is 15.5. The lowest BCUT2D eigenvalue weighted by molar-refractivity contribution is -0.134. The van der Waals surface area contributed by atoms with Gasteiger partial charge in [0.15, 0.2) is 0 Å². The molecule has 0 heterocycles. The average Bonchev–Trinajstić information content (AvgIpc) is 2.46. The molecule has 0 radical (unpaired) electrons. The fraction of sp³-hybridized carbons (Fsp3) is 0.533. The summed E-state index contributed by atoms with van der Waals surface area (Å²) in [5, 5.41) is 0. The van der Waals surface area contributed by atoms with Gasteiger partial charge in [-0.2, -0.15) is 0 Å². The minimum atomic E-state index is -0.423. The predicted octanol–water partition coefficient (Wildman–Crippen LogP) is 2.34. The van der Waals surface area contributed by atoms with Gasteiger partial charge in [-0.3, -0.25) is 4.79 Å². The van der Waals surface area contributed by atoms with Gasteiger partial charge in [0.2, 0.25) is 5.91 Å². The van der Waals surface area contributed by atoms with E-state index in [9.17, 15) is 4.79 Å². The number of likely N-dealkylation sites (N-methyl/N-ethyl adjacent to an activating group) is 1. The van der Waals surface area contributed by atoms with Gasteiger partial charge in [-0.25, -0.2) is 0 Å². The number of ether oxygens (including phenoxy) is 1. The van der Waals surface area contributed by atoms with Gasteiger partial charge >= 0.3 is 0 Å². The molecule has 0 aliphatic heterocycles. The first-order valence-corrected chi connectivity index (χ1v) is 6.75. The maximum absolute atomic E-state index is 12.2. The number of nitrogens with two attached hydrogens (primary N) is 1. The molecular weight excluding hydrogens is 240 g/mol. The summed E-state index contributed by atoms with van der Waals surface area (Å²) in [5.74, 6) is 0.799. The van der Waals surface area contributed by atoms with E-state index in [-0.39, 0.29) is 11.9 Å². The van der Waals surface area contributed by atoms with E-state index in [0.717, 1.165) is 11.3 Å². The molecule has 4 nitrogen and oxygen atoms in total. The van der Waals surface area contributed by atoms with Crippen molar-refractivity contribution in [3.63, 3.8) is 0 Å². The first-order chi connectivity index (χ1) is 9.04. The van der Waals surface area contributed by atoms with Crippen LogP contribution in [0.2, 0.25) is 0 Å². The minimum absolute atomic E-state index is 0.000296. The molecule has 0 spiro atoms. The Morgan fingerprint density at radius 1 is 1.42 bits per heavy atom. The number of benzene rings is 1. The van der Waals surface area contributed by atoms with Crippen LogP contribution in [0.1, 0.15) is 38.8 Å². The molecule has 106 valence electrons. The Kier molecular flexibility index (Phi) is 5.83. The number of hydrogen-bond acceptors (Lipinski definition) is 3. The van der Waals surface area contributed by atoms with Crippen molar-refractivity contribution in [3.8, 4) is 5.75 Å². The third kappa shape index (κ3) is 3.70. The van der Waals surface area contributed by atoms with Crippen LogP contribution in [-0.2, 0) is 4.79 Å². The van der Waals surface area contributed by atoms with Crippen LogP contribution in [0.3, 0.4) is 0 Å². The zero-order valence-corrected chi connectivity index (χ0v) is 12.2. The average molecular weight is 264 g/mol. The second kappa shape index (κ2) is 7.14. The number of nitrogens with zero attached hydrogens (tertiary/aromatic N) is 1. The van der Waals surface area contributed by atoms with Crippen molar-refractivity contribution in [2.45, 2.75) is 39.3 Å². The topological polar surface area (TPSA) is 55.6 Å². The summed E-state index contributed by atoms with van der Waals surface area (Å²) in [6, 6.07) is 7.35. The summed E-state index contributed by atoms with van der Waals surface area (Å²) in [5.41, 5.74) is 6.90. The fourth-order valence-corrected chi connectivity index (χ4v) is 2.09. The summed E-state index contributed by atoms with van der Waals surface area (Å²) in [6.45, 7) is 6.55. The maximum atomic E-state index is 12.2. The Morgan fingerprint density at radius 2 is 2.11 bits per heavy atom. The van der Waals surface area contributed by atoms with Crippen LogP contribution in [-0.4, -0.2) is 30.5 Å². The molecule has 4 heteroatoms. The van der Waals surface area contributed by atoms with Crippen LogP contribution >= 0.6 is 0 Å². The summed E-state index contributed by atoms with van der Waals surface area (Å²) in [7, 11) is 1.64. The Morgan fingerprint density at radius 3 is 2.63 bits per heavy atom. The van der Waals surface area contributed by atoms with E-state index < -0.39 is 6.04 Å². The molecule has 1 aromatic carbocycles. The molecule has 0 saturated carbocycles. The highest BCUT2D eigenvalue weighted by atomic mass is 16.5. The zero-order chi connectivity index (χ0) is 14.4. The van der Waals surface area contributed by atoms with Crippen molar-refractivity contribution in [2.75, 3.05) is 13.7 Å². The van der Waals surface area contributed by atoms with Gasteiger partial charge in [0, 0.05) is 6.54 Å². The molecule has 0 aliphatic rings. The molecule has 0 unspecified atom stereocenters. The van der Waals surface area contributed by atoms with E-state index in [0.29, 0.717) is 13.0 Å². The maximum Gasteiger partial charge on any atom is 0.239 e. The Labute approximate surface area is 115 Å². The van der Waals surface area contributed by atoms with Crippen molar-refractivity contribution in [2.24, 2.45) is 5.73 Å². The van der Waals surface area contributed by atoms with Crippen LogP contribution in [0.5, 0.6) is 5.75 Å². The number of carbonyl (C=O) groups is 1. The van der Waals surface area contributed by atoms with E-state index in [1.807, 2.05) is 49.9 Å². The molecule has 0 fully saturated rings. The Bertz CT molecular complexity index is 420. The van der Waals surface area contributed by atoms with Crippen molar-refractivity contribution in [1.82, 2.24) is 4.90 Å². The first-order valence-electron chi connectivity index (χ1n) is 6.75. The second-order valence-corrected chi connectivity index (χ2v) is 4.59. The van der Waals surface area contributed by atoms with Gasteiger partial charge in [0.1, 0.15) is 5.75 Å². The molecule has 19 heavy (non-hydrogen) atoms. The largest absolute Gasteiger partial charge is 0.497 e. The summed E-state index contributed by atoms with van der Waals surface area (Å²) >= 11 is 0.